The fraction of sp³-hybridized carbons (Fsp3) is 0. The molecule has 0 bridgehead atoms. The van der Waals surface area contributed by atoms with Gasteiger partial charge < -0.3 is 18.2 Å². The minimum atomic E-state index is 0.664. The fourth-order valence-corrected chi connectivity index (χ4v) is 7.49. The van der Waals surface area contributed by atoms with Gasteiger partial charge in [-0.15, -0.1) is 0 Å². The van der Waals surface area contributed by atoms with E-state index in [1.807, 2.05) is 97.3 Å². The molecule has 7 nitrogen and oxygen atoms in total. The predicted octanol–water partition coefficient (Wildman–Crippen LogP) is 13.1. The fourth-order valence-electron chi connectivity index (χ4n) is 7.49. The smallest absolute Gasteiger partial charge is 0.156 e. The van der Waals surface area contributed by atoms with Crippen molar-refractivity contribution in [3.8, 4) is 0 Å². The van der Waals surface area contributed by atoms with Crippen LogP contribution in [-0.4, -0.2) is 9.97 Å². The third-order valence-corrected chi connectivity index (χ3v) is 9.92. The number of fused-ring (bicyclic) bond motifs is 9. The SMILES string of the molecule is c1ccc(N(c2ccc3c(c2)oc2ccccc23)c2cnc3c(c2)oc2cc(N(c4ccccc4)c4ccc5c(c4)oc4ccccc45)ncc23)cc1. The molecule has 0 fully saturated rings. The van der Waals surface area contributed by atoms with Crippen molar-refractivity contribution in [2.24, 2.45) is 0 Å². The number of hydrogen-bond donors (Lipinski definition) is 0. The quantitative estimate of drug-likeness (QED) is 0.173. The molecule has 0 saturated carbocycles. The van der Waals surface area contributed by atoms with Crippen LogP contribution >= 0.6 is 0 Å². The molecule has 250 valence electrons. The summed E-state index contributed by atoms with van der Waals surface area (Å²) in [6, 6.07) is 53.3. The van der Waals surface area contributed by atoms with E-state index in [1.165, 1.54) is 0 Å². The van der Waals surface area contributed by atoms with Gasteiger partial charge in [-0.05, 0) is 60.7 Å². The Morgan fingerprint density at radius 2 is 0.811 bits per heavy atom. The van der Waals surface area contributed by atoms with Gasteiger partial charge in [-0.1, -0.05) is 72.8 Å². The van der Waals surface area contributed by atoms with Crippen molar-refractivity contribution in [3.63, 3.8) is 0 Å². The van der Waals surface area contributed by atoms with E-state index in [1.54, 1.807) is 0 Å². The Hall–Kier alpha value is -7.38. The van der Waals surface area contributed by atoms with Gasteiger partial charge in [0, 0.05) is 69.1 Å². The van der Waals surface area contributed by atoms with Gasteiger partial charge in [0.2, 0.25) is 0 Å². The zero-order chi connectivity index (χ0) is 34.9. The van der Waals surface area contributed by atoms with E-state index in [9.17, 15) is 0 Å². The molecule has 0 atom stereocenters. The minimum absolute atomic E-state index is 0.664. The number of aromatic nitrogens is 2. The molecule has 11 aromatic rings. The van der Waals surface area contributed by atoms with Crippen molar-refractivity contribution in [1.29, 1.82) is 0 Å². The van der Waals surface area contributed by atoms with Gasteiger partial charge in [0.25, 0.3) is 0 Å². The number of rotatable bonds is 6. The molecule has 0 saturated heterocycles. The van der Waals surface area contributed by atoms with Crippen LogP contribution in [0.5, 0.6) is 0 Å². The molecular formula is C46H28N4O3. The second kappa shape index (κ2) is 11.6. The lowest BCUT2D eigenvalue weighted by Crippen LogP contribution is -2.11. The van der Waals surface area contributed by atoms with Crippen molar-refractivity contribution < 1.29 is 13.3 Å². The summed E-state index contributed by atoms with van der Waals surface area (Å²) in [6.45, 7) is 0. The normalized spacial score (nSPS) is 11.8. The lowest BCUT2D eigenvalue weighted by atomic mass is 10.1. The van der Waals surface area contributed by atoms with Crippen molar-refractivity contribution >= 4 is 100 Å². The van der Waals surface area contributed by atoms with Crippen LogP contribution in [0, 0.1) is 0 Å². The van der Waals surface area contributed by atoms with E-state index >= 15 is 0 Å². The number of benzene rings is 6. The van der Waals surface area contributed by atoms with Gasteiger partial charge >= 0.3 is 0 Å². The number of furan rings is 3. The topological polar surface area (TPSA) is 71.7 Å². The number of para-hydroxylation sites is 4. The van der Waals surface area contributed by atoms with Crippen molar-refractivity contribution in [2.75, 3.05) is 9.80 Å². The molecule has 0 N–H and O–H groups in total. The van der Waals surface area contributed by atoms with E-state index in [4.69, 9.17) is 23.2 Å². The highest BCUT2D eigenvalue weighted by molar-refractivity contribution is 6.08. The molecule has 7 heteroatoms. The maximum Gasteiger partial charge on any atom is 0.156 e. The highest BCUT2D eigenvalue weighted by atomic mass is 16.3. The molecule has 0 amide bonds. The lowest BCUT2D eigenvalue weighted by Gasteiger charge is -2.24. The van der Waals surface area contributed by atoms with E-state index in [-0.39, 0.29) is 0 Å². The van der Waals surface area contributed by atoms with Crippen LogP contribution in [0.15, 0.2) is 183 Å². The zero-order valence-corrected chi connectivity index (χ0v) is 28.2. The average molecular weight is 685 g/mol. The summed E-state index contributed by atoms with van der Waals surface area (Å²) in [5, 5.41) is 5.18. The van der Waals surface area contributed by atoms with Crippen LogP contribution in [0.2, 0.25) is 0 Å². The molecule has 6 aromatic carbocycles. The van der Waals surface area contributed by atoms with Gasteiger partial charge in [0.15, 0.2) is 5.58 Å². The maximum absolute atomic E-state index is 6.60. The molecule has 0 aliphatic rings. The Labute approximate surface area is 302 Å². The molecular weight excluding hydrogens is 657 g/mol. The third-order valence-electron chi connectivity index (χ3n) is 9.92. The first kappa shape index (κ1) is 29.4. The van der Waals surface area contributed by atoms with E-state index in [0.717, 1.165) is 83.2 Å². The Morgan fingerprint density at radius 1 is 0.321 bits per heavy atom. The summed E-state index contributed by atoms with van der Waals surface area (Å²) >= 11 is 0. The summed E-state index contributed by atoms with van der Waals surface area (Å²) in [7, 11) is 0. The van der Waals surface area contributed by atoms with Crippen LogP contribution in [-0.2, 0) is 0 Å². The number of pyridine rings is 2. The molecule has 53 heavy (non-hydrogen) atoms. The summed E-state index contributed by atoms with van der Waals surface area (Å²) < 4.78 is 19.2. The summed E-state index contributed by atoms with van der Waals surface area (Å²) in [4.78, 5) is 14.2. The summed E-state index contributed by atoms with van der Waals surface area (Å²) in [5.41, 5.74) is 10.1. The van der Waals surface area contributed by atoms with Gasteiger partial charge in [-0.3, -0.25) is 4.90 Å². The molecule has 11 rings (SSSR count). The Kier molecular flexibility index (Phi) is 6.42. The first-order valence-corrected chi connectivity index (χ1v) is 17.5. The van der Waals surface area contributed by atoms with Gasteiger partial charge in [-0.2, -0.15) is 0 Å². The minimum Gasteiger partial charge on any atom is -0.456 e. The largest absolute Gasteiger partial charge is 0.456 e. The van der Waals surface area contributed by atoms with Crippen LogP contribution < -0.4 is 9.80 Å². The number of anilines is 6. The average Bonchev–Trinajstić information content (AvgIpc) is 3.89. The highest BCUT2D eigenvalue weighted by Gasteiger charge is 2.21. The Balaban J connectivity index is 1.03. The lowest BCUT2D eigenvalue weighted by molar-refractivity contribution is 0.668. The van der Waals surface area contributed by atoms with Gasteiger partial charge in [-0.25, -0.2) is 9.97 Å². The monoisotopic (exact) mass is 684 g/mol. The highest BCUT2D eigenvalue weighted by Crippen LogP contribution is 2.42. The van der Waals surface area contributed by atoms with Crippen LogP contribution in [0.25, 0.3) is 65.9 Å². The Bertz CT molecular complexity index is 2930. The van der Waals surface area contributed by atoms with Crippen molar-refractivity contribution in [1.82, 2.24) is 9.97 Å². The molecule has 5 heterocycles. The molecule has 0 spiro atoms. The molecule has 0 aliphatic heterocycles. The number of hydrogen-bond acceptors (Lipinski definition) is 7. The third kappa shape index (κ3) is 4.75. The van der Waals surface area contributed by atoms with E-state index in [2.05, 4.69) is 82.6 Å². The number of nitrogens with zero attached hydrogens (tertiary/aromatic N) is 4. The first-order chi connectivity index (χ1) is 26.2. The van der Waals surface area contributed by atoms with Gasteiger partial charge in [0.05, 0.1) is 23.0 Å². The molecule has 0 unspecified atom stereocenters. The molecule has 0 radical (unpaired) electrons. The standard InChI is InChI=1S/C46H28N4O3/c1-3-11-29(12-4-1)49(31-19-21-36-34-15-7-9-17-39(34)51-41(36)23-31)33-25-44-46(48-27-33)38-28-47-45(26-43(38)53-44)50(30-13-5-2-6-14-30)32-20-22-37-35-16-8-10-18-40(35)52-42(37)24-32/h1-28H. The molecule has 0 aliphatic carbocycles. The zero-order valence-electron chi connectivity index (χ0n) is 28.2. The van der Waals surface area contributed by atoms with Crippen LogP contribution in [0.4, 0.5) is 34.3 Å². The predicted molar refractivity (Wildman–Crippen MR) is 213 cm³/mol. The second-order valence-corrected chi connectivity index (χ2v) is 13.1. The first-order valence-electron chi connectivity index (χ1n) is 17.5. The van der Waals surface area contributed by atoms with E-state index < -0.39 is 0 Å². The van der Waals surface area contributed by atoms with Crippen LogP contribution in [0.3, 0.4) is 0 Å². The van der Waals surface area contributed by atoms with E-state index in [0.29, 0.717) is 17.0 Å². The Morgan fingerprint density at radius 3 is 1.45 bits per heavy atom. The van der Waals surface area contributed by atoms with Crippen molar-refractivity contribution in [2.45, 2.75) is 0 Å². The maximum atomic E-state index is 6.60. The van der Waals surface area contributed by atoms with Crippen molar-refractivity contribution in [3.05, 3.63) is 170 Å². The molecule has 5 aromatic heterocycles. The summed E-state index contributed by atoms with van der Waals surface area (Å²) in [5.74, 6) is 0.712. The van der Waals surface area contributed by atoms with Gasteiger partial charge in [0.1, 0.15) is 39.2 Å². The second-order valence-electron chi connectivity index (χ2n) is 13.1. The van der Waals surface area contributed by atoms with Crippen LogP contribution in [0.1, 0.15) is 0 Å². The summed E-state index contributed by atoms with van der Waals surface area (Å²) in [6.07, 6.45) is 3.74.